The van der Waals surface area contributed by atoms with E-state index in [1.54, 1.807) is 6.92 Å². The lowest BCUT2D eigenvalue weighted by Crippen LogP contribution is -2.14. The van der Waals surface area contributed by atoms with Gasteiger partial charge in [-0.15, -0.1) is 0 Å². The highest BCUT2D eigenvalue weighted by molar-refractivity contribution is 5.94. The van der Waals surface area contributed by atoms with Gasteiger partial charge in [0.2, 0.25) is 0 Å². The summed E-state index contributed by atoms with van der Waals surface area (Å²) in [5.41, 5.74) is 1.85. The molecule has 0 aromatic heterocycles. The average Bonchev–Trinajstić information content (AvgIpc) is 2.18. The van der Waals surface area contributed by atoms with E-state index < -0.39 is 0 Å². The minimum Gasteiger partial charge on any atom is -0.383 e. The monoisotopic (exact) mass is 205 g/mol. The van der Waals surface area contributed by atoms with Gasteiger partial charge in [-0.2, -0.15) is 0 Å². The standard InChI is InChI=1S/C13H19NO/c1-4-5-10(2)14-13-8-6-12(7-9-13)11(3)15/h6-10,14H,4-5H2,1-3H3. The van der Waals surface area contributed by atoms with Crippen molar-refractivity contribution in [2.45, 2.75) is 39.7 Å². The molecular formula is C13H19NO. The zero-order valence-corrected chi connectivity index (χ0v) is 9.71. The third kappa shape index (κ3) is 3.74. The SMILES string of the molecule is CCCC(C)Nc1ccc(C(C)=O)cc1. The van der Waals surface area contributed by atoms with Gasteiger partial charge in [0.15, 0.2) is 5.78 Å². The number of anilines is 1. The molecule has 0 aliphatic heterocycles. The maximum atomic E-state index is 11.1. The zero-order valence-electron chi connectivity index (χ0n) is 9.71. The molecule has 0 heterocycles. The van der Waals surface area contributed by atoms with Crippen molar-refractivity contribution in [2.24, 2.45) is 0 Å². The van der Waals surface area contributed by atoms with Gasteiger partial charge in [-0.1, -0.05) is 13.3 Å². The first-order valence-electron chi connectivity index (χ1n) is 5.51. The average molecular weight is 205 g/mol. The first-order valence-corrected chi connectivity index (χ1v) is 5.51. The van der Waals surface area contributed by atoms with Crippen molar-refractivity contribution in [1.82, 2.24) is 0 Å². The van der Waals surface area contributed by atoms with E-state index >= 15 is 0 Å². The number of rotatable bonds is 5. The van der Waals surface area contributed by atoms with Crippen molar-refractivity contribution >= 4 is 11.5 Å². The smallest absolute Gasteiger partial charge is 0.159 e. The molecule has 1 atom stereocenters. The molecular weight excluding hydrogens is 186 g/mol. The van der Waals surface area contributed by atoms with Crippen LogP contribution in [0.15, 0.2) is 24.3 Å². The maximum absolute atomic E-state index is 11.1. The van der Waals surface area contributed by atoms with Crippen LogP contribution in [0.1, 0.15) is 44.0 Å². The van der Waals surface area contributed by atoms with Crippen molar-refractivity contribution in [3.63, 3.8) is 0 Å². The van der Waals surface area contributed by atoms with Gasteiger partial charge in [0.1, 0.15) is 0 Å². The van der Waals surface area contributed by atoms with E-state index in [-0.39, 0.29) is 5.78 Å². The second kappa shape index (κ2) is 5.54. The van der Waals surface area contributed by atoms with Crippen LogP contribution in [0.2, 0.25) is 0 Å². The molecule has 0 radical (unpaired) electrons. The molecule has 0 saturated carbocycles. The molecule has 2 heteroatoms. The largest absolute Gasteiger partial charge is 0.383 e. The third-order valence-corrected chi connectivity index (χ3v) is 2.43. The highest BCUT2D eigenvalue weighted by Crippen LogP contribution is 2.12. The van der Waals surface area contributed by atoms with E-state index in [1.807, 2.05) is 24.3 Å². The molecule has 0 bridgehead atoms. The van der Waals surface area contributed by atoms with Crippen molar-refractivity contribution in [3.05, 3.63) is 29.8 Å². The van der Waals surface area contributed by atoms with Crippen molar-refractivity contribution in [1.29, 1.82) is 0 Å². The molecule has 15 heavy (non-hydrogen) atoms. The van der Waals surface area contributed by atoms with Crippen molar-refractivity contribution in [3.8, 4) is 0 Å². The van der Waals surface area contributed by atoms with E-state index in [0.29, 0.717) is 6.04 Å². The first kappa shape index (κ1) is 11.8. The summed E-state index contributed by atoms with van der Waals surface area (Å²) in [5, 5.41) is 3.40. The fourth-order valence-corrected chi connectivity index (χ4v) is 1.59. The number of Topliss-reactive ketones (excluding diaryl/α,β-unsaturated/α-hetero) is 1. The van der Waals surface area contributed by atoms with Crippen LogP contribution >= 0.6 is 0 Å². The van der Waals surface area contributed by atoms with E-state index in [1.165, 1.54) is 6.42 Å². The number of nitrogens with one attached hydrogen (secondary N) is 1. The Labute approximate surface area is 91.7 Å². The fourth-order valence-electron chi connectivity index (χ4n) is 1.59. The Kier molecular flexibility index (Phi) is 4.35. The predicted molar refractivity (Wildman–Crippen MR) is 64.4 cm³/mol. The minimum absolute atomic E-state index is 0.114. The van der Waals surface area contributed by atoms with Gasteiger partial charge in [-0.3, -0.25) is 4.79 Å². The predicted octanol–water partition coefficient (Wildman–Crippen LogP) is 3.49. The summed E-state index contributed by atoms with van der Waals surface area (Å²) in [6.45, 7) is 5.93. The van der Waals surface area contributed by atoms with Crippen LogP contribution in [0.3, 0.4) is 0 Å². The molecule has 1 unspecified atom stereocenters. The Hall–Kier alpha value is -1.31. The van der Waals surface area contributed by atoms with Gasteiger partial charge >= 0.3 is 0 Å². The van der Waals surface area contributed by atoms with Crippen molar-refractivity contribution < 1.29 is 4.79 Å². The number of hydrogen-bond acceptors (Lipinski definition) is 2. The van der Waals surface area contributed by atoms with Gasteiger partial charge in [-0.25, -0.2) is 0 Å². The molecule has 0 aliphatic carbocycles. The molecule has 0 spiro atoms. The van der Waals surface area contributed by atoms with E-state index in [4.69, 9.17) is 0 Å². The summed E-state index contributed by atoms with van der Waals surface area (Å²) >= 11 is 0. The molecule has 82 valence electrons. The summed E-state index contributed by atoms with van der Waals surface area (Å²) in [6, 6.07) is 8.14. The number of benzene rings is 1. The van der Waals surface area contributed by atoms with E-state index in [0.717, 1.165) is 17.7 Å². The Bertz CT molecular complexity index is 316. The van der Waals surface area contributed by atoms with Crippen LogP contribution in [0.25, 0.3) is 0 Å². The lowest BCUT2D eigenvalue weighted by Gasteiger charge is -2.14. The normalized spacial score (nSPS) is 12.2. The summed E-state index contributed by atoms with van der Waals surface area (Å²) in [4.78, 5) is 11.1. The molecule has 2 nitrogen and oxygen atoms in total. The fraction of sp³-hybridized carbons (Fsp3) is 0.462. The van der Waals surface area contributed by atoms with Crippen LogP contribution in [-0.4, -0.2) is 11.8 Å². The summed E-state index contributed by atoms with van der Waals surface area (Å²) in [7, 11) is 0. The summed E-state index contributed by atoms with van der Waals surface area (Å²) in [6.07, 6.45) is 2.34. The number of hydrogen-bond donors (Lipinski definition) is 1. The Balaban J connectivity index is 2.60. The molecule has 1 aromatic carbocycles. The summed E-state index contributed by atoms with van der Waals surface area (Å²) in [5.74, 6) is 0.114. The van der Waals surface area contributed by atoms with Gasteiger partial charge in [0.05, 0.1) is 0 Å². The highest BCUT2D eigenvalue weighted by Gasteiger charge is 2.01. The first-order chi connectivity index (χ1) is 7.13. The highest BCUT2D eigenvalue weighted by atomic mass is 16.1. The van der Waals surface area contributed by atoms with E-state index in [2.05, 4.69) is 19.2 Å². The minimum atomic E-state index is 0.114. The molecule has 1 aromatic rings. The Morgan fingerprint density at radius 1 is 1.33 bits per heavy atom. The molecule has 0 aliphatic rings. The Morgan fingerprint density at radius 3 is 2.40 bits per heavy atom. The van der Waals surface area contributed by atoms with Crippen LogP contribution in [0.4, 0.5) is 5.69 Å². The van der Waals surface area contributed by atoms with Crippen LogP contribution in [-0.2, 0) is 0 Å². The molecule has 1 rings (SSSR count). The van der Waals surface area contributed by atoms with Gasteiger partial charge in [-0.05, 0) is 44.5 Å². The van der Waals surface area contributed by atoms with Gasteiger partial charge in [0, 0.05) is 17.3 Å². The number of carbonyl (C=O) groups is 1. The van der Waals surface area contributed by atoms with Gasteiger partial charge < -0.3 is 5.32 Å². The number of ketones is 1. The quantitative estimate of drug-likeness (QED) is 0.745. The molecule has 0 amide bonds. The van der Waals surface area contributed by atoms with Crippen molar-refractivity contribution in [2.75, 3.05) is 5.32 Å². The van der Waals surface area contributed by atoms with Crippen LogP contribution in [0.5, 0.6) is 0 Å². The maximum Gasteiger partial charge on any atom is 0.159 e. The number of carbonyl (C=O) groups excluding carboxylic acids is 1. The third-order valence-electron chi connectivity index (χ3n) is 2.43. The Morgan fingerprint density at radius 2 is 1.93 bits per heavy atom. The zero-order chi connectivity index (χ0) is 11.3. The second-order valence-electron chi connectivity index (χ2n) is 3.97. The van der Waals surface area contributed by atoms with Crippen LogP contribution in [0, 0.1) is 0 Å². The molecule has 0 fully saturated rings. The molecule has 0 saturated heterocycles. The van der Waals surface area contributed by atoms with Gasteiger partial charge in [0.25, 0.3) is 0 Å². The summed E-state index contributed by atoms with van der Waals surface area (Å²) < 4.78 is 0. The second-order valence-corrected chi connectivity index (χ2v) is 3.97. The molecule has 1 N–H and O–H groups in total. The van der Waals surface area contributed by atoms with E-state index in [9.17, 15) is 4.79 Å². The lowest BCUT2D eigenvalue weighted by atomic mass is 10.1. The topological polar surface area (TPSA) is 29.1 Å². The van der Waals surface area contributed by atoms with Crippen LogP contribution < -0.4 is 5.32 Å². The lowest BCUT2D eigenvalue weighted by molar-refractivity contribution is 0.101.